The fourth-order valence-electron chi connectivity index (χ4n) is 5.42. The van der Waals surface area contributed by atoms with Gasteiger partial charge in [-0.2, -0.15) is 0 Å². The van der Waals surface area contributed by atoms with Crippen LogP contribution in [0, 0.1) is 5.92 Å². The molecule has 0 aliphatic carbocycles. The standard InChI is InChI=1S/C31H48N2O7/c1-7-8-29(35)32-18-26-17-31(19-37-31)16-25(40-26)12-9-20(2)10-13-28-21(3)15-27(23(5)39-28)33-30(36)14-11-22(4)38-24(6)34/h9-12,14,21-23,25-28H,7-8,13,15-19H2,1-6H3,(H,32,35)(H,33,36)/t21-,22?,23+,25+,26-,27+,28-,31+/m0/s1. The summed E-state index contributed by atoms with van der Waals surface area (Å²) in [6.45, 7) is 12.5. The summed E-state index contributed by atoms with van der Waals surface area (Å²) in [7, 11) is 0. The first-order valence-corrected chi connectivity index (χ1v) is 14.7. The number of nitrogens with one attached hydrogen (secondary N) is 2. The third-order valence-corrected chi connectivity index (χ3v) is 7.76. The molecule has 0 aromatic heterocycles. The van der Waals surface area contributed by atoms with Crippen molar-refractivity contribution >= 4 is 17.8 Å². The van der Waals surface area contributed by atoms with Gasteiger partial charge in [-0.25, -0.2) is 0 Å². The first-order chi connectivity index (χ1) is 19.0. The summed E-state index contributed by atoms with van der Waals surface area (Å²) in [6, 6.07) is -0.0856. The Kier molecular flexibility index (Phi) is 12.0. The maximum Gasteiger partial charge on any atom is 0.303 e. The highest BCUT2D eigenvalue weighted by Gasteiger charge is 2.51. The second kappa shape index (κ2) is 14.9. The number of rotatable bonds is 12. The van der Waals surface area contributed by atoms with Crippen molar-refractivity contribution in [2.24, 2.45) is 5.92 Å². The lowest BCUT2D eigenvalue weighted by atomic mass is 9.88. The van der Waals surface area contributed by atoms with Crippen molar-refractivity contribution in [3.8, 4) is 0 Å². The third-order valence-electron chi connectivity index (χ3n) is 7.76. The van der Waals surface area contributed by atoms with Crippen LogP contribution in [-0.2, 0) is 33.3 Å². The molecule has 3 saturated heterocycles. The van der Waals surface area contributed by atoms with Gasteiger partial charge in [0.15, 0.2) is 0 Å². The Bertz CT molecular complexity index is 971. The minimum absolute atomic E-state index is 0.0461. The number of epoxide rings is 1. The number of hydrogen-bond acceptors (Lipinski definition) is 7. The molecule has 1 spiro atoms. The summed E-state index contributed by atoms with van der Waals surface area (Å²) in [6.07, 6.45) is 13.4. The number of allylic oxidation sites excluding steroid dienone is 2. The third kappa shape index (κ3) is 10.5. The van der Waals surface area contributed by atoms with E-state index in [9.17, 15) is 14.4 Å². The van der Waals surface area contributed by atoms with Crippen LogP contribution in [0.5, 0.6) is 0 Å². The quantitative estimate of drug-likeness (QED) is 0.161. The molecule has 3 aliphatic heterocycles. The average Bonchev–Trinajstić information content (AvgIpc) is 3.63. The molecule has 0 aromatic rings. The lowest BCUT2D eigenvalue weighted by molar-refractivity contribution is -0.143. The topological polar surface area (TPSA) is 115 Å². The van der Waals surface area contributed by atoms with E-state index >= 15 is 0 Å². The van der Waals surface area contributed by atoms with Gasteiger partial charge < -0.3 is 29.6 Å². The Labute approximate surface area is 239 Å². The second-order valence-corrected chi connectivity index (χ2v) is 11.7. The molecule has 1 unspecified atom stereocenters. The average molecular weight is 561 g/mol. The van der Waals surface area contributed by atoms with E-state index in [1.54, 1.807) is 13.0 Å². The summed E-state index contributed by atoms with van der Waals surface area (Å²) >= 11 is 0. The maximum absolute atomic E-state index is 12.4. The lowest BCUT2D eigenvalue weighted by Crippen LogP contribution is -2.50. The molecule has 0 radical (unpaired) electrons. The zero-order valence-corrected chi connectivity index (χ0v) is 24.9. The Balaban J connectivity index is 1.45. The molecule has 224 valence electrons. The molecule has 8 atom stereocenters. The van der Waals surface area contributed by atoms with E-state index < -0.39 is 6.10 Å². The zero-order valence-electron chi connectivity index (χ0n) is 24.9. The van der Waals surface area contributed by atoms with Crippen molar-refractivity contribution in [1.82, 2.24) is 10.6 Å². The van der Waals surface area contributed by atoms with Gasteiger partial charge in [0.05, 0.1) is 42.7 Å². The monoisotopic (exact) mass is 560 g/mol. The molecule has 3 heterocycles. The maximum atomic E-state index is 12.4. The van der Waals surface area contributed by atoms with Crippen molar-refractivity contribution in [2.75, 3.05) is 13.2 Å². The van der Waals surface area contributed by atoms with Crippen LogP contribution in [0.15, 0.2) is 36.0 Å². The first kappa shape index (κ1) is 32.0. The summed E-state index contributed by atoms with van der Waals surface area (Å²) in [4.78, 5) is 35.3. The fourth-order valence-corrected chi connectivity index (χ4v) is 5.42. The molecule has 3 fully saturated rings. The molecule has 9 nitrogen and oxygen atoms in total. The highest BCUT2D eigenvalue weighted by molar-refractivity contribution is 5.87. The van der Waals surface area contributed by atoms with Crippen molar-refractivity contribution < 1.29 is 33.3 Å². The van der Waals surface area contributed by atoms with Crippen molar-refractivity contribution in [3.05, 3.63) is 36.0 Å². The molecule has 3 aliphatic rings. The molecule has 0 saturated carbocycles. The van der Waals surface area contributed by atoms with Crippen LogP contribution in [0.4, 0.5) is 0 Å². The van der Waals surface area contributed by atoms with Gasteiger partial charge in [0.1, 0.15) is 6.10 Å². The number of esters is 1. The van der Waals surface area contributed by atoms with Gasteiger partial charge in [-0.1, -0.05) is 37.6 Å². The summed E-state index contributed by atoms with van der Waals surface area (Å²) in [5.41, 5.74) is 1.04. The molecule has 2 N–H and O–H groups in total. The van der Waals surface area contributed by atoms with E-state index in [-0.39, 0.29) is 59.8 Å². The highest BCUT2D eigenvalue weighted by Crippen LogP contribution is 2.42. The van der Waals surface area contributed by atoms with Crippen LogP contribution in [-0.4, -0.2) is 73.1 Å². The van der Waals surface area contributed by atoms with E-state index in [1.807, 2.05) is 13.8 Å². The lowest BCUT2D eigenvalue weighted by Gasteiger charge is -2.39. The molecule has 9 heteroatoms. The Morgan fingerprint density at radius 3 is 2.55 bits per heavy atom. The Morgan fingerprint density at radius 1 is 1.12 bits per heavy atom. The van der Waals surface area contributed by atoms with Crippen LogP contribution >= 0.6 is 0 Å². The second-order valence-electron chi connectivity index (χ2n) is 11.7. The van der Waals surface area contributed by atoms with Gasteiger partial charge in [0.25, 0.3) is 0 Å². The van der Waals surface area contributed by atoms with E-state index in [4.69, 9.17) is 18.9 Å². The number of ether oxygens (including phenoxy) is 4. The minimum Gasteiger partial charge on any atom is -0.459 e. The number of carbonyl (C=O) groups is 3. The van der Waals surface area contributed by atoms with E-state index in [1.165, 1.54) is 13.0 Å². The summed E-state index contributed by atoms with van der Waals surface area (Å²) < 4.78 is 23.3. The molecule has 0 bridgehead atoms. The van der Waals surface area contributed by atoms with Crippen molar-refractivity contribution in [3.63, 3.8) is 0 Å². The zero-order chi connectivity index (χ0) is 29.3. The number of amides is 2. The van der Waals surface area contributed by atoms with Gasteiger partial charge in [-0.3, -0.25) is 14.4 Å². The van der Waals surface area contributed by atoms with Crippen LogP contribution < -0.4 is 10.6 Å². The molecule has 40 heavy (non-hydrogen) atoms. The highest BCUT2D eigenvalue weighted by atomic mass is 16.6. The molecule has 0 aromatic carbocycles. The van der Waals surface area contributed by atoms with Crippen LogP contribution in [0.3, 0.4) is 0 Å². The molecular formula is C31H48N2O7. The number of hydrogen-bond donors (Lipinski definition) is 2. The van der Waals surface area contributed by atoms with Gasteiger partial charge in [-0.15, -0.1) is 0 Å². The Morgan fingerprint density at radius 2 is 1.88 bits per heavy atom. The van der Waals surface area contributed by atoms with Crippen LogP contribution in [0.2, 0.25) is 0 Å². The summed E-state index contributed by atoms with van der Waals surface area (Å²) in [5, 5.41) is 6.01. The molecule has 3 rings (SSSR count). The van der Waals surface area contributed by atoms with E-state index in [0.29, 0.717) is 13.0 Å². The summed E-state index contributed by atoms with van der Waals surface area (Å²) in [5.74, 6) is -0.262. The fraction of sp³-hybridized carbons (Fsp3) is 0.710. The SMILES string of the molecule is CCCC(=O)NC[C@@H]1C[C@@]2(CO2)C[C@@H](C=CC(C)=CC[C@@H]2O[C@H](C)[C@H](NC(=O)C=CC(C)OC(C)=O)C[C@@H]2C)O1. The minimum atomic E-state index is -0.455. The van der Waals surface area contributed by atoms with Crippen molar-refractivity contribution in [2.45, 2.75) is 122 Å². The van der Waals surface area contributed by atoms with Gasteiger partial charge in [0.2, 0.25) is 11.8 Å². The predicted octanol–water partition coefficient (Wildman–Crippen LogP) is 3.92. The first-order valence-electron chi connectivity index (χ1n) is 14.7. The van der Waals surface area contributed by atoms with E-state index in [0.717, 1.165) is 44.3 Å². The van der Waals surface area contributed by atoms with E-state index in [2.05, 4.69) is 42.7 Å². The molecular weight excluding hydrogens is 512 g/mol. The normalized spacial score (nSPS) is 33.2. The van der Waals surface area contributed by atoms with Gasteiger partial charge in [-0.05, 0) is 52.0 Å². The van der Waals surface area contributed by atoms with Crippen LogP contribution in [0.1, 0.15) is 80.1 Å². The number of carbonyl (C=O) groups excluding carboxylic acids is 3. The molecule has 2 amide bonds. The van der Waals surface area contributed by atoms with Crippen LogP contribution in [0.25, 0.3) is 0 Å². The largest absolute Gasteiger partial charge is 0.459 e. The van der Waals surface area contributed by atoms with Gasteiger partial charge in [0, 0.05) is 38.8 Å². The smallest absolute Gasteiger partial charge is 0.303 e. The Hall–Kier alpha value is -2.49. The van der Waals surface area contributed by atoms with Crippen molar-refractivity contribution in [1.29, 1.82) is 0 Å². The van der Waals surface area contributed by atoms with Gasteiger partial charge >= 0.3 is 5.97 Å². The predicted molar refractivity (Wildman–Crippen MR) is 152 cm³/mol.